The van der Waals surface area contributed by atoms with Crippen LogP contribution in [-0.2, 0) is 7.05 Å². The van der Waals surface area contributed by atoms with Gasteiger partial charge in [0.05, 0.1) is 16.2 Å². The molecule has 0 fully saturated rings. The van der Waals surface area contributed by atoms with Crippen LogP contribution >= 0.6 is 11.6 Å². The lowest BCUT2D eigenvalue weighted by Crippen LogP contribution is -1.89. The number of fused-ring (bicyclic) bond motifs is 1. The molecule has 0 aliphatic carbocycles. The van der Waals surface area contributed by atoms with Gasteiger partial charge < -0.3 is 0 Å². The number of hydrogen-bond acceptors (Lipinski definition) is 2. The molecule has 0 aliphatic heterocycles. The highest BCUT2D eigenvalue weighted by atomic mass is 35.5. The molecule has 0 N–H and O–H groups in total. The zero-order valence-electron chi connectivity index (χ0n) is 13.7. The molecule has 3 nitrogen and oxygen atoms in total. The second-order valence-corrected chi connectivity index (χ2v) is 6.25. The van der Waals surface area contributed by atoms with Crippen molar-refractivity contribution in [3.05, 3.63) is 83.3 Å². The van der Waals surface area contributed by atoms with Crippen molar-refractivity contribution in [2.24, 2.45) is 7.05 Å². The van der Waals surface area contributed by atoms with Gasteiger partial charge in [-0.25, -0.2) is 0 Å². The van der Waals surface area contributed by atoms with Gasteiger partial charge in [0, 0.05) is 30.4 Å². The summed E-state index contributed by atoms with van der Waals surface area (Å²) in [6.45, 7) is 0. The number of nitrogens with zero attached hydrogens (tertiary/aromatic N) is 3. The largest absolute Gasteiger partial charge is 0.267 e. The molecule has 25 heavy (non-hydrogen) atoms. The average molecular weight is 346 g/mol. The van der Waals surface area contributed by atoms with E-state index in [4.69, 9.17) is 11.6 Å². The Labute approximate surface area is 151 Å². The third-order valence-corrected chi connectivity index (χ3v) is 4.52. The molecule has 4 aromatic rings. The lowest BCUT2D eigenvalue weighted by atomic mass is 10.0. The highest BCUT2D eigenvalue weighted by Crippen LogP contribution is 2.30. The Morgan fingerprint density at radius 1 is 1.00 bits per heavy atom. The first-order chi connectivity index (χ1) is 12.2. The minimum absolute atomic E-state index is 0.694. The normalized spacial score (nSPS) is 11.4. The molecule has 4 rings (SSSR count). The number of hydrogen-bond donors (Lipinski definition) is 0. The smallest absolute Gasteiger partial charge is 0.0930 e. The molecule has 0 spiro atoms. The highest BCUT2D eigenvalue weighted by molar-refractivity contribution is 6.33. The van der Waals surface area contributed by atoms with Crippen LogP contribution in [0, 0.1) is 0 Å². The molecule has 0 radical (unpaired) electrons. The second kappa shape index (κ2) is 6.54. The van der Waals surface area contributed by atoms with E-state index < -0.39 is 0 Å². The van der Waals surface area contributed by atoms with Crippen LogP contribution in [-0.4, -0.2) is 14.8 Å². The second-order valence-electron chi connectivity index (χ2n) is 5.84. The SMILES string of the molecule is Cn1nc(/C=C/c2ccccc2)c2cc(-c3cnccc3Cl)ccc21. The summed E-state index contributed by atoms with van der Waals surface area (Å²) in [7, 11) is 1.96. The summed E-state index contributed by atoms with van der Waals surface area (Å²) in [5, 5.41) is 6.43. The lowest BCUT2D eigenvalue weighted by molar-refractivity contribution is 0.793. The number of aryl methyl sites for hydroxylation is 1. The maximum atomic E-state index is 6.32. The number of rotatable bonds is 3. The van der Waals surface area contributed by atoms with E-state index in [2.05, 4.69) is 46.5 Å². The monoisotopic (exact) mass is 345 g/mol. The van der Waals surface area contributed by atoms with E-state index in [1.165, 1.54) is 0 Å². The molecule has 2 aromatic carbocycles. The van der Waals surface area contributed by atoms with Crippen LogP contribution in [0.1, 0.15) is 11.3 Å². The predicted molar refractivity (Wildman–Crippen MR) is 104 cm³/mol. The molecule has 0 atom stereocenters. The first-order valence-electron chi connectivity index (χ1n) is 8.02. The van der Waals surface area contributed by atoms with E-state index in [0.717, 1.165) is 33.3 Å². The van der Waals surface area contributed by atoms with Crippen LogP contribution in [0.3, 0.4) is 0 Å². The van der Waals surface area contributed by atoms with Gasteiger partial charge in [0.1, 0.15) is 0 Å². The molecule has 122 valence electrons. The van der Waals surface area contributed by atoms with Crippen molar-refractivity contribution in [3.63, 3.8) is 0 Å². The Bertz CT molecular complexity index is 1070. The molecule has 0 bridgehead atoms. The third-order valence-electron chi connectivity index (χ3n) is 4.19. The summed E-state index contributed by atoms with van der Waals surface area (Å²) in [6, 6.07) is 18.3. The zero-order valence-corrected chi connectivity index (χ0v) is 14.5. The number of aromatic nitrogens is 3. The Morgan fingerprint density at radius 3 is 2.64 bits per heavy atom. The molecule has 0 unspecified atom stereocenters. The van der Waals surface area contributed by atoms with Gasteiger partial charge in [-0.3, -0.25) is 9.67 Å². The Hall–Kier alpha value is -2.91. The first-order valence-corrected chi connectivity index (χ1v) is 8.40. The van der Waals surface area contributed by atoms with Crippen molar-refractivity contribution in [2.75, 3.05) is 0 Å². The Kier molecular flexibility index (Phi) is 4.08. The fourth-order valence-electron chi connectivity index (χ4n) is 2.91. The maximum absolute atomic E-state index is 6.32. The van der Waals surface area contributed by atoms with Gasteiger partial charge in [0.2, 0.25) is 0 Å². The lowest BCUT2D eigenvalue weighted by Gasteiger charge is -2.04. The van der Waals surface area contributed by atoms with Gasteiger partial charge >= 0.3 is 0 Å². The van der Waals surface area contributed by atoms with Gasteiger partial charge in [-0.1, -0.05) is 54.1 Å². The average Bonchev–Trinajstić information content (AvgIpc) is 2.97. The van der Waals surface area contributed by atoms with Gasteiger partial charge in [-0.05, 0) is 35.4 Å². The fraction of sp³-hybridized carbons (Fsp3) is 0.0476. The summed E-state index contributed by atoms with van der Waals surface area (Å²) in [6.07, 6.45) is 7.61. The molecule has 2 aromatic heterocycles. The quantitative estimate of drug-likeness (QED) is 0.493. The van der Waals surface area contributed by atoms with Gasteiger partial charge in [0.15, 0.2) is 0 Å². The third kappa shape index (κ3) is 3.06. The van der Waals surface area contributed by atoms with Crippen molar-refractivity contribution >= 4 is 34.7 Å². The first kappa shape index (κ1) is 15.6. The standard InChI is InChI=1S/C21H16ClN3/c1-25-21-10-8-16(18-14-23-12-11-19(18)22)13-17(21)20(24-25)9-7-15-5-3-2-4-6-15/h2-14H,1H3/b9-7+. The van der Waals surface area contributed by atoms with Crippen LogP contribution in [0.5, 0.6) is 0 Å². The molecular weight excluding hydrogens is 330 g/mol. The van der Waals surface area contributed by atoms with E-state index in [9.17, 15) is 0 Å². The van der Waals surface area contributed by atoms with Crippen molar-refractivity contribution in [1.82, 2.24) is 14.8 Å². The molecule has 0 aliphatic rings. The van der Waals surface area contributed by atoms with E-state index in [1.54, 1.807) is 18.5 Å². The summed E-state index contributed by atoms with van der Waals surface area (Å²) < 4.78 is 1.90. The number of pyridine rings is 1. The van der Waals surface area contributed by atoms with E-state index in [1.807, 2.05) is 36.0 Å². The Morgan fingerprint density at radius 2 is 1.84 bits per heavy atom. The summed E-state index contributed by atoms with van der Waals surface area (Å²) in [5.74, 6) is 0. The molecule has 0 saturated heterocycles. The van der Waals surface area contributed by atoms with Crippen molar-refractivity contribution in [3.8, 4) is 11.1 Å². The zero-order chi connectivity index (χ0) is 17.2. The van der Waals surface area contributed by atoms with Crippen LogP contribution in [0.15, 0.2) is 67.0 Å². The van der Waals surface area contributed by atoms with Crippen molar-refractivity contribution < 1.29 is 0 Å². The molecule has 2 heterocycles. The molecule has 0 saturated carbocycles. The molecular formula is C21H16ClN3. The number of halogens is 1. The van der Waals surface area contributed by atoms with Crippen LogP contribution < -0.4 is 0 Å². The predicted octanol–water partition coefficient (Wildman–Crippen LogP) is 5.46. The van der Waals surface area contributed by atoms with E-state index >= 15 is 0 Å². The highest BCUT2D eigenvalue weighted by Gasteiger charge is 2.10. The topological polar surface area (TPSA) is 30.7 Å². The van der Waals surface area contributed by atoms with E-state index in [0.29, 0.717) is 5.02 Å². The fourth-order valence-corrected chi connectivity index (χ4v) is 3.13. The van der Waals surface area contributed by atoms with Gasteiger partial charge in [-0.2, -0.15) is 5.10 Å². The number of benzene rings is 2. The van der Waals surface area contributed by atoms with Crippen molar-refractivity contribution in [1.29, 1.82) is 0 Å². The van der Waals surface area contributed by atoms with Gasteiger partial charge in [-0.15, -0.1) is 0 Å². The molecule has 4 heteroatoms. The maximum Gasteiger partial charge on any atom is 0.0930 e. The van der Waals surface area contributed by atoms with E-state index in [-0.39, 0.29) is 0 Å². The van der Waals surface area contributed by atoms with Crippen molar-refractivity contribution in [2.45, 2.75) is 0 Å². The van der Waals surface area contributed by atoms with Crippen LogP contribution in [0.2, 0.25) is 5.02 Å². The minimum atomic E-state index is 0.694. The van der Waals surface area contributed by atoms with Gasteiger partial charge in [0.25, 0.3) is 0 Å². The summed E-state index contributed by atoms with van der Waals surface area (Å²) in [5.41, 5.74) is 5.12. The molecule has 0 amide bonds. The summed E-state index contributed by atoms with van der Waals surface area (Å²) >= 11 is 6.32. The van der Waals surface area contributed by atoms with Crippen LogP contribution in [0.25, 0.3) is 34.2 Å². The Balaban J connectivity index is 1.81. The summed E-state index contributed by atoms with van der Waals surface area (Å²) in [4.78, 5) is 4.19. The minimum Gasteiger partial charge on any atom is -0.267 e. The van der Waals surface area contributed by atoms with Crippen LogP contribution in [0.4, 0.5) is 0 Å².